The second kappa shape index (κ2) is 8.14. The lowest BCUT2D eigenvalue weighted by Gasteiger charge is -2.19. The van der Waals surface area contributed by atoms with Crippen molar-refractivity contribution in [2.24, 2.45) is 0 Å². The first-order chi connectivity index (χ1) is 9.58. The Bertz CT molecular complexity index is 443. The number of nitrogens with zero attached hydrogens (tertiary/aromatic N) is 2. The first-order valence-corrected chi connectivity index (χ1v) is 6.69. The number of carboxylic acid groups (broad SMARTS) is 1. The highest BCUT2D eigenvalue weighted by Gasteiger charge is 2.21. The van der Waals surface area contributed by atoms with Crippen LogP contribution in [0.15, 0.2) is 31.4 Å². The van der Waals surface area contributed by atoms with Crippen molar-refractivity contribution in [2.45, 2.75) is 44.7 Å². The molecule has 6 heteroatoms. The van der Waals surface area contributed by atoms with E-state index in [4.69, 9.17) is 5.11 Å². The zero-order chi connectivity index (χ0) is 15.0. The summed E-state index contributed by atoms with van der Waals surface area (Å²) in [6.45, 7) is 5.54. The molecule has 0 saturated carbocycles. The van der Waals surface area contributed by atoms with Crippen LogP contribution in [0.25, 0.3) is 0 Å². The van der Waals surface area contributed by atoms with Gasteiger partial charge in [-0.2, -0.15) is 0 Å². The Balaban J connectivity index is 2.61. The lowest BCUT2D eigenvalue weighted by Crippen LogP contribution is -2.41. The summed E-state index contributed by atoms with van der Waals surface area (Å²) in [7, 11) is 0. The van der Waals surface area contributed by atoms with E-state index in [9.17, 15) is 9.59 Å². The van der Waals surface area contributed by atoms with Gasteiger partial charge in [0.2, 0.25) is 5.91 Å². The molecule has 2 atom stereocenters. The number of aliphatic carboxylic acids is 1. The van der Waals surface area contributed by atoms with Gasteiger partial charge >= 0.3 is 5.97 Å². The number of imidazole rings is 1. The smallest absolute Gasteiger partial charge is 0.326 e. The van der Waals surface area contributed by atoms with Gasteiger partial charge in [0.25, 0.3) is 0 Å². The van der Waals surface area contributed by atoms with Crippen LogP contribution in [0.3, 0.4) is 0 Å². The molecule has 2 unspecified atom stereocenters. The molecular formula is C14H21N3O3. The van der Waals surface area contributed by atoms with Crippen molar-refractivity contribution in [3.63, 3.8) is 0 Å². The third-order valence-electron chi connectivity index (χ3n) is 3.03. The minimum absolute atomic E-state index is 0.000626. The summed E-state index contributed by atoms with van der Waals surface area (Å²) in [5.41, 5.74) is 0. The van der Waals surface area contributed by atoms with Crippen LogP contribution in [0.1, 0.15) is 38.6 Å². The minimum atomic E-state index is -1.05. The van der Waals surface area contributed by atoms with Crippen LogP contribution in [-0.4, -0.2) is 32.6 Å². The maximum atomic E-state index is 12.0. The van der Waals surface area contributed by atoms with Crippen LogP contribution < -0.4 is 5.32 Å². The molecule has 0 radical (unpaired) electrons. The van der Waals surface area contributed by atoms with Gasteiger partial charge in [-0.3, -0.25) is 4.79 Å². The molecule has 2 N–H and O–H groups in total. The van der Waals surface area contributed by atoms with Crippen LogP contribution in [0.4, 0.5) is 0 Å². The highest BCUT2D eigenvalue weighted by molar-refractivity contribution is 5.83. The molecule has 1 aromatic heterocycles. The van der Waals surface area contributed by atoms with E-state index in [0.29, 0.717) is 0 Å². The van der Waals surface area contributed by atoms with E-state index in [0.717, 1.165) is 12.8 Å². The molecule has 0 bridgehead atoms. The monoisotopic (exact) mass is 279 g/mol. The number of carboxylic acids is 1. The number of carbonyl (C=O) groups excluding carboxylic acids is 1. The van der Waals surface area contributed by atoms with Crippen molar-refractivity contribution in [1.82, 2.24) is 14.9 Å². The average molecular weight is 279 g/mol. The number of rotatable bonds is 9. The predicted octanol–water partition coefficient (Wildman–Crippen LogP) is 1.76. The fraction of sp³-hybridized carbons (Fsp3) is 0.500. The molecule has 1 heterocycles. The summed E-state index contributed by atoms with van der Waals surface area (Å²) < 4.78 is 1.88. The second-order valence-electron chi connectivity index (χ2n) is 4.64. The first kappa shape index (κ1) is 15.9. The second-order valence-corrected chi connectivity index (χ2v) is 4.64. The summed E-state index contributed by atoms with van der Waals surface area (Å²) in [6.07, 6.45) is 8.86. The van der Waals surface area contributed by atoms with Crippen molar-refractivity contribution >= 4 is 11.9 Å². The predicted molar refractivity (Wildman–Crippen MR) is 75.2 cm³/mol. The molecule has 0 aliphatic rings. The molecule has 20 heavy (non-hydrogen) atoms. The normalized spacial score (nSPS) is 13.4. The van der Waals surface area contributed by atoms with Gasteiger partial charge in [-0.1, -0.05) is 19.4 Å². The molecule has 0 spiro atoms. The lowest BCUT2D eigenvalue weighted by atomic mass is 10.1. The maximum absolute atomic E-state index is 12.0. The molecule has 0 saturated heterocycles. The molecule has 0 aromatic carbocycles. The first-order valence-electron chi connectivity index (χ1n) is 6.69. The number of nitrogens with one attached hydrogen (secondary N) is 1. The molecule has 110 valence electrons. The standard InChI is InChI=1S/C14H21N3O3/c1-3-5-11(17-8-7-15-10-17)9-13(18)16-12(6-4-2)14(19)20/h4,7-8,10-12H,2-3,5-6,9H2,1H3,(H,16,18)(H,19,20). The zero-order valence-corrected chi connectivity index (χ0v) is 11.7. The molecule has 1 rings (SSSR count). The van der Waals surface area contributed by atoms with Gasteiger partial charge < -0.3 is 15.0 Å². The Kier molecular flexibility index (Phi) is 6.49. The van der Waals surface area contributed by atoms with E-state index >= 15 is 0 Å². The number of hydrogen-bond donors (Lipinski definition) is 2. The third kappa shape index (κ3) is 4.87. The van der Waals surface area contributed by atoms with E-state index in [1.165, 1.54) is 6.08 Å². The Hall–Kier alpha value is -2.11. The maximum Gasteiger partial charge on any atom is 0.326 e. The van der Waals surface area contributed by atoms with Gasteiger partial charge in [0.1, 0.15) is 6.04 Å². The van der Waals surface area contributed by atoms with Crippen molar-refractivity contribution in [1.29, 1.82) is 0 Å². The van der Waals surface area contributed by atoms with E-state index in [-0.39, 0.29) is 24.8 Å². The van der Waals surface area contributed by atoms with Crippen LogP contribution in [-0.2, 0) is 9.59 Å². The number of aromatic nitrogens is 2. The van der Waals surface area contributed by atoms with Crippen molar-refractivity contribution in [2.75, 3.05) is 0 Å². The highest BCUT2D eigenvalue weighted by Crippen LogP contribution is 2.17. The molecule has 0 fully saturated rings. The van der Waals surface area contributed by atoms with Gasteiger partial charge in [0.15, 0.2) is 0 Å². The van der Waals surface area contributed by atoms with Crippen molar-refractivity contribution in [3.8, 4) is 0 Å². The van der Waals surface area contributed by atoms with E-state index < -0.39 is 12.0 Å². The van der Waals surface area contributed by atoms with Gasteiger partial charge in [-0.05, 0) is 12.8 Å². The fourth-order valence-corrected chi connectivity index (χ4v) is 2.03. The summed E-state index contributed by atoms with van der Waals surface area (Å²) >= 11 is 0. The van der Waals surface area contributed by atoms with Crippen LogP contribution in [0, 0.1) is 0 Å². The highest BCUT2D eigenvalue weighted by atomic mass is 16.4. The molecule has 1 aromatic rings. The SMILES string of the molecule is C=CCC(NC(=O)CC(CCC)n1ccnc1)C(=O)O. The van der Waals surface area contributed by atoms with E-state index in [1.54, 1.807) is 12.5 Å². The van der Waals surface area contributed by atoms with Gasteiger partial charge in [0, 0.05) is 24.9 Å². The fourth-order valence-electron chi connectivity index (χ4n) is 2.03. The molecule has 6 nitrogen and oxygen atoms in total. The van der Waals surface area contributed by atoms with Crippen LogP contribution in [0.2, 0.25) is 0 Å². The summed E-state index contributed by atoms with van der Waals surface area (Å²) in [5.74, 6) is -1.32. The largest absolute Gasteiger partial charge is 0.480 e. The molecule has 1 amide bonds. The molecule has 0 aliphatic heterocycles. The molecular weight excluding hydrogens is 258 g/mol. The van der Waals surface area contributed by atoms with E-state index in [1.807, 2.05) is 17.7 Å². The summed E-state index contributed by atoms with van der Waals surface area (Å²) in [5, 5.41) is 11.5. The number of carbonyl (C=O) groups is 2. The van der Waals surface area contributed by atoms with Crippen LogP contribution >= 0.6 is 0 Å². The van der Waals surface area contributed by atoms with Gasteiger partial charge in [0.05, 0.1) is 6.33 Å². The summed E-state index contributed by atoms with van der Waals surface area (Å²) in [4.78, 5) is 26.9. The zero-order valence-electron chi connectivity index (χ0n) is 11.7. The Morgan fingerprint density at radius 2 is 2.30 bits per heavy atom. The Labute approximate surface area is 118 Å². The van der Waals surface area contributed by atoms with Gasteiger partial charge in [-0.15, -0.1) is 6.58 Å². The Morgan fingerprint density at radius 1 is 1.55 bits per heavy atom. The van der Waals surface area contributed by atoms with Crippen molar-refractivity contribution < 1.29 is 14.7 Å². The summed E-state index contributed by atoms with van der Waals surface area (Å²) in [6, 6.07) is -0.911. The average Bonchev–Trinajstić information content (AvgIpc) is 2.91. The lowest BCUT2D eigenvalue weighted by molar-refractivity contribution is -0.141. The van der Waals surface area contributed by atoms with Crippen molar-refractivity contribution in [3.05, 3.63) is 31.4 Å². The van der Waals surface area contributed by atoms with Crippen LogP contribution in [0.5, 0.6) is 0 Å². The van der Waals surface area contributed by atoms with Gasteiger partial charge in [-0.25, -0.2) is 9.78 Å². The number of hydrogen-bond acceptors (Lipinski definition) is 3. The third-order valence-corrected chi connectivity index (χ3v) is 3.03. The minimum Gasteiger partial charge on any atom is -0.480 e. The quantitative estimate of drug-likeness (QED) is 0.675. The molecule has 0 aliphatic carbocycles. The topological polar surface area (TPSA) is 84.2 Å². The number of amides is 1. The Morgan fingerprint density at radius 3 is 2.80 bits per heavy atom. The van der Waals surface area contributed by atoms with E-state index in [2.05, 4.69) is 16.9 Å².